The minimum absolute atomic E-state index is 0.0473. The highest BCUT2D eigenvalue weighted by molar-refractivity contribution is 5.78. The maximum atomic E-state index is 12.4. The summed E-state index contributed by atoms with van der Waals surface area (Å²) in [4.78, 5) is 24.8. The van der Waals surface area contributed by atoms with E-state index in [9.17, 15) is 9.59 Å². The number of carbonyl (C=O) groups excluding carboxylic acids is 1. The van der Waals surface area contributed by atoms with Gasteiger partial charge in [0.25, 0.3) is 0 Å². The average molecular weight is 296 g/mol. The van der Waals surface area contributed by atoms with Crippen molar-refractivity contribution in [2.24, 2.45) is 0 Å². The summed E-state index contributed by atoms with van der Waals surface area (Å²) in [7, 11) is 0. The topological polar surface area (TPSA) is 83.6 Å². The van der Waals surface area contributed by atoms with E-state index in [2.05, 4.69) is 5.16 Å². The van der Waals surface area contributed by atoms with Gasteiger partial charge in [0, 0.05) is 24.1 Å². The molecule has 6 nitrogen and oxygen atoms in total. The number of amides is 1. The zero-order valence-corrected chi connectivity index (χ0v) is 13.4. The summed E-state index contributed by atoms with van der Waals surface area (Å²) in [6.45, 7) is 9.61. The largest absolute Gasteiger partial charge is 0.481 e. The normalized spacial score (nSPS) is 11.5. The van der Waals surface area contributed by atoms with Gasteiger partial charge in [0.05, 0.1) is 12.1 Å². The first kappa shape index (κ1) is 17.2. The van der Waals surface area contributed by atoms with Crippen LogP contribution in [0.1, 0.15) is 50.6 Å². The van der Waals surface area contributed by atoms with Crippen LogP contribution in [0.15, 0.2) is 4.52 Å². The van der Waals surface area contributed by atoms with Gasteiger partial charge < -0.3 is 14.5 Å². The fourth-order valence-corrected chi connectivity index (χ4v) is 2.27. The molecule has 1 heterocycles. The van der Waals surface area contributed by atoms with Crippen molar-refractivity contribution in [1.82, 2.24) is 10.1 Å². The Bertz CT molecular complexity index is 495. The summed E-state index contributed by atoms with van der Waals surface area (Å²) in [5.41, 5.74) is 1.36. The van der Waals surface area contributed by atoms with Gasteiger partial charge in [-0.1, -0.05) is 5.16 Å². The van der Waals surface area contributed by atoms with Gasteiger partial charge in [0.2, 0.25) is 5.91 Å². The van der Waals surface area contributed by atoms with Crippen molar-refractivity contribution in [3.05, 3.63) is 17.0 Å². The Morgan fingerprint density at radius 2 is 1.86 bits per heavy atom. The van der Waals surface area contributed by atoms with E-state index in [-0.39, 0.29) is 18.9 Å². The van der Waals surface area contributed by atoms with E-state index in [0.717, 1.165) is 17.0 Å². The zero-order valence-electron chi connectivity index (χ0n) is 13.4. The predicted octanol–water partition coefficient (Wildman–Crippen LogP) is 2.33. The summed E-state index contributed by atoms with van der Waals surface area (Å²) in [6, 6.07) is 0. The molecule has 0 fully saturated rings. The van der Waals surface area contributed by atoms with Crippen LogP contribution in [0.2, 0.25) is 0 Å². The summed E-state index contributed by atoms with van der Waals surface area (Å²) in [6.07, 6.45) is 0.827. The van der Waals surface area contributed by atoms with Crippen molar-refractivity contribution >= 4 is 11.9 Å². The minimum Gasteiger partial charge on any atom is -0.481 e. The number of carbonyl (C=O) groups is 2. The Hall–Kier alpha value is -1.85. The third-order valence-corrected chi connectivity index (χ3v) is 3.43. The van der Waals surface area contributed by atoms with Gasteiger partial charge in [-0.2, -0.15) is 0 Å². The summed E-state index contributed by atoms with van der Waals surface area (Å²) < 4.78 is 5.08. The van der Waals surface area contributed by atoms with E-state index in [0.29, 0.717) is 12.8 Å². The molecule has 21 heavy (non-hydrogen) atoms. The number of hydrogen-bond donors (Lipinski definition) is 1. The molecule has 118 valence electrons. The molecular formula is C15H24N2O4. The van der Waals surface area contributed by atoms with Crippen molar-refractivity contribution in [3.8, 4) is 0 Å². The number of carboxylic acids is 1. The highest BCUT2D eigenvalue weighted by Gasteiger charge is 2.26. The molecule has 1 aromatic rings. The SMILES string of the molecule is Cc1noc(C)c1CCC(=O)N(CCC(=O)O)C(C)(C)C. The van der Waals surface area contributed by atoms with Crippen molar-refractivity contribution in [2.45, 2.75) is 59.4 Å². The molecule has 1 aromatic heterocycles. The van der Waals surface area contributed by atoms with Crippen LogP contribution in [-0.4, -0.2) is 39.1 Å². The fraction of sp³-hybridized carbons (Fsp3) is 0.667. The van der Waals surface area contributed by atoms with E-state index in [1.165, 1.54) is 0 Å². The van der Waals surface area contributed by atoms with Gasteiger partial charge in [0.1, 0.15) is 5.76 Å². The smallest absolute Gasteiger partial charge is 0.305 e. The number of rotatable bonds is 6. The van der Waals surface area contributed by atoms with Crippen molar-refractivity contribution in [3.63, 3.8) is 0 Å². The lowest BCUT2D eigenvalue weighted by Gasteiger charge is -2.35. The van der Waals surface area contributed by atoms with Gasteiger partial charge in [-0.25, -0.2) is 0 Å². The van der Waals surface area contributed by atoms with E-state index in [1.807, 2.05) is 34.6 Å². The van der Waals surface area contributed by atoms with E-state index in [4.69, 9.17) is 9.63 Å². The zero-order chi connectivity index (χ0) is 16.2. The molecule has 0 spiro atoms. The second-order valence-electron chi connectivity index (χ2n) is 6.16. The average Bonchev–Trinajstić information content (AvgIpc) is 2.64. The lowest BCUT2D eigenvalue weighted by Crippen LogP contribution is -2.46. The number of aromatic nitrogens is 1. The number of aryl methyl sites for hydroxylation is 2. The maximum absolute atomic E-state index is 12.4. The van der Waals surface area contributed by atoms with Crippen LogP contribution in [0, 0.1) is 13.8 Å². The molecule has 0 aromatic carbocycles. The first-order valence-corrected chi connectivity index (χ1v) is 7.07. The van der Waals surface area contributed by atoms with Gasteiger partial charge in [-0.3, -0.25) is 9.59 Å². The summed E-state index contributed by atoms with van der Waals surface area (Å²) in [5.74, 6) is -0.223. The standard InChI is InChI=1S/C15H24N2O4/c1-10-12(11(2)21-16-10)6-7-13(18)17(15(3,4)5)9-8-14(19)20/h6-9H2,1-5H3,(H,19,20). The third-order valence-electron chi connectivity index (χ3n) is 3.43. The Morgan fingerprint density at radius 1 is 1.24 bits per heavy atom. The van der Waals surface area contributed by atoms with Crippen molar-refractivity contribution in [1.29, 1.82) is 0 Å². The molecule has 0 saturated heterocycles. The molecule has 0 unspecified atom stereocenters. The first-order chi connectivity index (χ1) is 9.62. The minimum atomic E-state index is -0.900. The second kappa shape index (κ2) is 6.74. The van der Waals surface area contributed by atoms with Crippen LogP contribution in [-0.2, 0) is 16.0 Å². The predicted molar refractivity (Wildman–Crippen MR) is 78.0 cm³/mol. The Labute approximate surface area is 125 Å². The van der Waals surface area contributed by atoms with Crippen LogP contribution in [0.4, 0.5) is 0 Å². The number of carboxylic acid groups (broad SMARTS) is 1. The van der Waals surface area contributed by atoms with Crippen LogP contribution in [0.3, 0.4) is 0 Å². The number of aliphatic carboxylic acids is 1. The first-order valence-electron chi connectivity index (χ1n) is 7.07. The molecule has 0 aliphatic heterocycles. The quantitative estimate of drug-likeness (QED) is 0.871. The van der Waals surface area contributed by atoms with Crippen LogP contribution < -0.4 is 0 Å². The van der Waals surface area contributed by atoms with Gasteiger partial charge in [0.15, 0.2) is 0 Å². The second-order valence-corrected chi connectivity index (χ2v) is 6.16. The molecule has 0 saturated carbocycles. The van der Waals surface area contributed by atoms with E-state index in [1.54, 1.807) is 4.90 Å². The van der Waals surface area contributed by atoms with Crippen molar-refractivity contribution < 1.29 is 19.2 Å². The highest BCUT2D eigenvalue weighted by Crippen LogP contribution is 2.19. The highest BCUT2D eigenvalue weighted by atomic mass is 16.5. The Morgan fingerprint density at radius 3 is 2.29 bits per heavy atom. The molecule has 0 bridgehead atoms. The molecule has 0 radical (unpaired) electrons. The molecule has 0 aliphatic rings. The van der Waals surface area contributed by atoms with Gasteiger partial charge >= 0.3 is 5.97 Å². The molecule has 1 amide bonds. The molecule has 0 aliphatic carbocycles. The lowest BCUT2D eigenvalue weighted by atomic mass is 10.0. The molecule has 0 atom stereocenters. The monoisotopic (exact) mass is 296 g/mol. The molecule has 1 N–H and O–H groups in total. The fourth-order valence-electron chi connectivity index (χ4n) is 2.27. The summed E-state index contributed by atoms with van der Waals surface area (Å²) in [5, 5.41) is 12.7. The van der Waals surface area contributed by atoms with Crippen molar-refractivity contribution in [2.75, 3.05) is 6.54 Å². The van der Waals surface area contributed by atoms with Crippen LogP contribution in [0.25, 0.3) is 0 Å². The number of nitrogens with zero attached hydrogens (tertiary/aromatic N) is 2. The summed E-state index contributed by atoms with van der Waals surface area (Å²) >= 11 is 0. The number of hydrogen-bond acceptors (Lipinski definition) is 4. The lowest BCUT2D eigenvalue weighted by molar-refractivity contribution is -0.140. The van der Waals surface area contributed by atoms with Gasteiger partial charge in [-0.15, -0.1) is 0 Å². The van der Waals surface area contributed by atoms with E-state index >= 15 is 0 Å². The van der Waals surface area contributed by atoms with Gasteiger partial charge in [-0.05, 0) is 41.0 Å². The molecule has 1 rings (SSSR count). The van der Waals surface area contributed by atoms with E-state index < -0.39 is 11.5 Å². The van der Waals surface area contributed by atoms with Crippen LogP contribution >= 0.6 is 0 Å². The van der Waals surface area contributed by atoms with Crippen LogP contribution in [0.5, 0.6) is 0 Å². The molecule has 6 heteroatoms. The third kappa shape index (κ3) is 4.88. The maximum Gasteiger partial charge on any atom is 0.305 e. The molecular weight excluding hydrogens is 272 g/mol. The Kier molecular flexibility index (Phi) is 5.52. The Balaban J connectivity index is 2.71.